The van der Waals surface area contributed by atoms with Crippen LogP contribution in [0.4, 0.5) is 0 Å². The predicted molar refractivity (Wildman–Crippen MR) is 79.4 cm³/mol. The lowest BCUT2D eigenvalue weighted by molar-refractivity contribution is -0.121. The molecule has 21 heavy (non-hydrogen) atoms. The number of hydrogen-bond donors (Lipinski definition) is 1. The minimum atomic E-state index is -0.120. The summed E-state index contributed by atoms with van der Waals surface area (Å²) in [6.07, 6.45) is 0.255. The fraction of sp³-hybridized carbons (Fsp3) is 0.333. The van der Waals surface area contributed by atoms with E-state index in [2.05, 4.69) is 10.3 Å². The number of nitrogens with one attached hydrogen (secondary N) is 1. The van der Waals surface area contributed by atoms with Crippen LogP contribution in [0.25, 0.3) is 0 Å². The maximum absolute atomic E-state index is 11.7. The molecule has 0 spiro atoms. The highest BCUT2D eigenvalue weighted by Crippen LogP contribution is 2.17. The average molecular weight is 309 g/mol. The van der Waals surface area contributed by atoms with E-state index >= 15 is 0 Å². The number of amides is 1. The molecule has 0 saturated carbocycles. The minimum absolute atomic E-state index is 0.120. The monoisotopic (exact) mass is 308 g/mol. The second-order valence-corrected chi connectivity index (χ2v) is 5.02. The molecule has 0 unspecified atom stereocenters. The number of aromatic nitrogens is 1. The highest BCUT2D eigenvalue weighted by Gasteiger charge is 2.07. The average Bonchev–Trinajstić information content (AvgIpc) is 2.76. The van der Waals surface area contributed by atoms with Gasteiger partial charge in [0.2, 0.25) is 11.8 Å². The van der Waals surface area contributed by atoms with Crippen LogP contribution in [0.2, 0.25) is 5.02 Å². The van der Waals surface area contributed by atoms with E-state index in [4.69, 9.17) is 20.8 Å². The van der Waals surface area contributed by atoms with Crippen molar-refractivity contribution in [2.24, 2.45) is 0 Å². The summed E-state index contributed by atoms with van der Waals surface area (Å²) in [4.78, 5) is 15.9. The van der Waals surface area contributed by atoms with Gasteiger partial charge in [-0.1, -0.05) is 17.7 Å². The fourth-order valence-electron chi connectivity index (χ4n) is 1.70. The van der Waals surface area contributed by atoms with Gasteiger partial charge in [0.1, 0.15) is 11.5 Å². The van der Waals surface area contributed by atoms with Gasteiger partial charge in [-0.2, -0.15) is 0 Å². The predicted octanol–water partition coefficient (Wildman–Crippen LogP) is 3.03. The van der Waals surface area contributed by atoms with Crippen LogP contribution in [0, 0.1) is 13.8 Å². The molecular formula is C15H17ClN2O3. The maximum atomic E-state index is 11.7. The number of benzene rings is 1. The summed E-state index contributed by atoms with van der Waals surface area (Å²) in [5.74, 6) is 1.80. The number of ether oxygens (including phenoxy) is 1. The van der Waals surface area contributed by atoms with E-state index in [0.29, 0.717) is 16.7 Å². The van der Waals surface area contributed by atoms with Crippen LogP contribution in [0.3, 0.4) is 0 Å². The molecular weight excluding hydrogens is 292 g/mol. The third-order valence-electron chi connectivity index (χ3n) is 2.90. The Hall–Kier alpha value is -2.01. The van der Waals surface area contributed by atoms with E-state index in [1.807, 2.05) is 13.8 Å². The molecule has 0 aliphatic heterocycles. The highest BCUT2D eigenvalue weighted by atomic mass is 35.5. The topological polar surface area (TPSA) is 64.4 Å². The molecule has 6 heteroatoms. The Morgan fingerprint density at radius 1 is 1.43 bits per heavy atom. The summed E-state index contributed by atoms with van der Waals surface area (Å²) in [7, 11) is 0. The van der Waals surface area contributed by atoms with Gasteiger partial charge in [0.15, 0.2) is 0 Å². The maximum Gasteiger partial charge on any atom is 0.223 e. The Kier molecular flexibility index (Phi) is 5.22. The smallest absolute Gasteiger partial charge is 0.223 e. The first kappa shape index (κ1) is 15.4. The standard InChI is InChI=1S/C15H17ClN2O3/c1-10-11(2)21-15(18-10)9-17-14(19)6-7-20-13-5-3-4-12(16)8-13/h3-5,8H,6-7,9H2,1-2H3,(H,17,19). The first-order chi connectivity index (χ1) is 10.0. The number of nitrogens with zero attached hydrogens (tertiary/aromatic N) is 1. The van der Waals surface area contributed by atoms with E-state index in [1.54, 1.807) is 24.3 Å². The van der Waals surface area contributed by atoms with E-state index in [0.717, 1.165) is 11.5 Å². The van der Waals surface area contributed by atoms with Crippen molar-refractivity contribution in [3.63, 3.8) is 0 Å². The van der Waals surface area contributed by atoms with Crippen LogP contribution < -0.4 is 10.1 Å². The number of halogens is 1. The van der Waals surface area contributed by atoms with Crippen molar-refractivity contribution >= 4 is 17.5 Å². The number of carbonyl (C=O) groups excluding carboxylic acids is 1. The Balaban J connectivity index is 1.70. The lowest BCUT2D eigenvalue weighted by atomic mass is 10.3. The van der Waals surface area contributed by atoms with Crippen molar-refractivity contribution in [1.29, 1.82) is 0 Å². The van der Waals surface area contributed by atoms with Gasteiger partial charge in [0, 0.05) is 5.02 Å². The van der Waals surface area contributed by atoms with E-state index in [1.165, 1.54) is 0 Å². The van der Waals surface area contributed by atoms with Crippen molar-refractivity contribution in [2.45, 2.75) is 26.8 Å². The molecule has 0 fully saturated rings. The Morgan fingerprint density at radius 3 is 2.90 bits per heavy atom. The van der Waals surface area contributed by atoms with Gasteiger partial charge < -0.3 is 14.5 Å². The first-order valence-corrected chi connectivity index (χ1v) is 7.00. The van der Waals surface area contributed by atoms with Gasteiger partial charge in [-0.15, -0.1) is 0 Å². The summed E-state index contributed by atoms with van der Waals surface area (Å²) in [5, 5.41) is 3.34. The number of aryl methyl sites for hydroxylation is 2. The third-order valence-corrected chi connectivity index (χ3v) is 3.14. The number of hydrogen-bond acceptors (Lipinski definition) is 4. The lowest BCUT2D eigenvalue weighted by Crippen LogP contribution is -2.24. The SMILES string of the molecule is Cc1nc(CNC(=O)CCOc2cccc(Cl)c2)oc1C. The summed E-state index contributed by atoms with van der Waals surface area (Å²) in [6, 6.07) is 7.06. The molecule has 2 rings (SSSR count). The van der Waals surface area contributed by atoms with Crippen molar-refractivity contribution in [3.8, 4) is 5.75 Å². The largest absolute Gasteiger partial charge is 0.493 e. The Bertz CT molecular complexity index is 606. The normalized spacial score (nSPS) is 10.4. The zero-order valence-electron chi connectivity index (χ0n) is 12.0. The zero-order chi connectivity index (χ0) is 15.2. The molecule has 1 amide bonds. The van der Waals surface area contributed by atoms with Crippen molar-refractivity contribution in [2.75, 3.05) is 6.61 Å². The summed E-state index contributed by atoms with van der Waals surface area (Å²) in [5.41, 5.74) is 0.837. The van der Waals surface area contributed by atoms with Gasteiger partial charge in [0.05, 0.1) is 25.3 Å². The second kappa shape index (κ2) is 7.13. The molecule has 1 heterocycles. The molecule has 0 saturated heterocycles. The molecule has 1 N–H and O–H groups in total. The second-order valence-electron chi connectivity index (χ2n) is 4.58. The van der Waals surface area contributed by atoms with Crippen LogP contribution in [0.5, 0.6) is 5.75 Å². The molecule has 2 aromatic rings. The fourth-order valence-corrected chi connectivity index (χ4v) is 1.88. The van der Waals surface area contributed by atoms with Crippen molar-refractivity contribution < 1.29 is 13.9 Å². The molecule has 1 aromatic heterocycles. The third kappa shape index (κ3) is 4.79. The molecule has 0 aliphatic carbocycles. The van der Waals surface area contributed by atoms with Crippen LogP contribution in [-0.4, -0.2) is 17.5 Å². The first-order valence-electron chi connectivity index (χ1n) is 6.62. The van der Waals surface area contributed by atoms with Gasteiger partial charge in [0.25, 0.3) is 0 Å². The van der Waals surface area contributed by atoms with Crippen molar-refractivity contribution in [3.05, 3.63) is 46.6 Å². The molecule has 1 aromatic carbocycles. The molecule has 5 nitrogen and oxygen atoms in total. The van der Waals surface area contributed by atoms with E-state index in [-0.39, 0.29) is 25.5 Å². The highest BCUT2D eigenvalue weighted by molar-refractivity contribution is 6.30. The molecule has 0 bridgehead atoms. The summed E-state index contributed by atoms with van der Waals surface area (Å²) < 4.78 is 10.8. The van der Waals surface area contributed by atoms with Crippen LogP contribution in [0.15, 0.2) is 28.7 Å². The van der Waals surface area contributed by atoms with Gasteiger partial charge >= 0.3 is 0 Å². The summed E-state index contributed by atoms with van der Waals surface area (Å²) >= 11 is 5.84. The lowest BCUT2D eigenvalue weighted by Gasteiger charge is -2.06. The molecule has 112 valence electrons. The van der Waals surface area contributed by atoms with Gasteiger partial charge in [-0.05, 0) is 32.0 Å². The quantitative estimate of drug-likeness (QED) is 0.891. The van der Waals surface area contributed by atoms with Crippen LogP contribution in [-0.2, 0) is 11.3 Å². The molecule has 0 aliphatic rings. The van der Waals surface area contributed by atoms with Crippen LogP contribution >= 0.6 is 11.6 Å². The number of carbonyl (C=O) groups is 1. The van der Waals surface area contributed by atoms with Crippen molar-refractivity contribution in [1.82, 2.24) is 10.3 Å². The number of rotatable bonds is 6. The van der Waals surface area contributed by atoms with Gasteiger partial charge in [-0.25, -0.2) is 4.98 Å². The van der Waals surface area contributed by atoms with E-state index < -0.39 is 0 Å². The van der Waals surface area contributed by atoms with E-state index in [9.17, 15) is 4.79 Å². The molecule has 0 atom stereocenters. The Morgan fingerprint density at radius 2 is 2.24 bits per heavy atom. The summed E-state index contributed by atoms with van der Waals surface area (Å²) in [6.45, 7) is 4.27. The zero-order valence-corrected chi connectivity index (χ0v) is 12.7. The minimum Gasteiger partial charge on any atom is -0.493 e. The Labute approximate surface area is 128 Å². The van der Waals surface area contributed by atoms with Crippen LogP contribution in [0.1, 0.15) is 23.8 Å². The molecule has 0 radical (unpaired) electrons. The van der Waals surface area contributed by atoms with Gasteiger partial charge in [-0.3, -0.25) is 4.79 Å². The number of oxazole rings is 1.